The van der Waals surface area contributed by atoms with Crippen molar-refractivity contribution >= 4 is 20.5 Å². The Bertz CT molecular complexity index is 1020. The number of methoxy groups -OCH3 is 1. The Labute approximate surface area is 164 Å². The van der Waals surface area contributed by atoms with Crippen molar-refractivity contribution in [1.82, 2.24) is 9.55 Å². The number of rotatable bonds is 4. The summed E-state index contributed by atoms with van der Waals surface area (Å²) in [6, 6.07) is 8.09. The molecular weight excluding hydrogens is 407 g/mol. The number of aryl methyl sites for hydroxylation is 1. The van der Waals surface area contributed by atoms with Crippen molar-refractivity contribution in [1.29, 1.82) is 0 Å². The fourth-order valence-corrected chi connectivity index (χ4v) is 6.04. The summed E-state index contributed by atoms with van der Waals surface area (Å²) in [6.07, 6.45) is 1.95. The van der Waals surface area contributed by atoms with Crippen LogP contribution in [0.15, 0.2) is 24.3 Å². The van der Waals surface area contributed by atoms with E-state index in [9.17, 15) is 4.79 Å². The van der Waals surface area contributed by atoms with Crippen LogP contribution >= 0.6 is 0 Å². The van der Waals surface area contributed by atoms with E-state index in [1.54, 1.807) is 7.11 Å². The molecule has 0 bridgehead atoms. The van der Waals surface area contributed by atoms with Gasteiger partial charge in [0.15, 0.2) is 0 Å². The van der Waals surface area contributed by atoms with Gasteiger partial charge >= 0.3 is 165 Å². The fraction of sp³-hybridized carbons (Fsp3) is 0.333. The Balaban J connectivity index is 1.80. The molecule has 0 aliphatic heterocycles. The van der Waals surface area contributed by atoms with Crippen molar-refractivity contribution < 1.29 is 14.3 Å². The number of hydrogen-bond acceptors (Lipinski definition) is 4. The molecule has 0 N–H and O–H groups in total. The SMILES string of the molecule is CCOC(=O)c1c(C)c2c(n1C)CCc1[se]c(-c3ccc(OC)cc3)nc1-2. The third-order valence-electron chi connectivity index (χ3n) is 5.09. The second-order valence-electron chi connectivity index (χ2n) is 6.59. The first kappa shape index (κ1) is 18.1. The zero-order valence-electron chi connectivity index (χ0n) is 16.0. The van der Waals surface area contributed by atoms with Crippen molar-refractivity contribution in [3.05, 3.63) is 45.7 Å². The van der Waals surface area contributed by atoms with Gasteiger partial charge in [0.1, 0.15) is 0 Å². The van der Waals surface area contributed by atoms with Crippen LogP contribution < -0.4 is 4.74 Å². The van der Waals surface area contributed by atoms with Crippen molar-refractivity contribution in [2.24, 2.45) is 7.05 Å². The standard InChI is InChI=1S/C21H22N2O3Se/c1-5-26-21(24)19-12(2)17-15(23(19)3)10-11-16-18(17)22-20(27-16)13-6-8-14(25-4)9-7-13/h6-9H,5,10-11H2,1-4H3. The van der Waals surface area contributed by atoms with Gasteiger partial charge in [0.2, 0.25) is 0 Å². The molecule has 0 unspecified atom stereocenters. The van der Waals surface area contributed by atoms with Gasteiger partial charge in [-0.2, -0.15) is 0 Å². The first-order valence-corrected chi connectivity index (χ1v) is 10.8. The number of benzene rings is 1. The predicted molar refractivity (Wildman–Crippen MR) is 106 cm³/mol. The summed E-state index contributed by atoms with van der Waals surface area (Å²) in [6.45, 7) is 4.22. The molecule has 0 spiro atoms. The molecular formula is C21H22N2O3Se. The minimum absolute atomic E-state index is 0.216. The van der Waals surface area contributed by atoms with Crippen LogP contribution in [0.1, 0.15) is 33.1 Å². The van der Waals surface area contributed by atoms with Gasteiger partial charge in [0.25, 0.3) is 0 Å². The van der Waals surface area contributed by atoms with Crippen LogP contribution in [-0.4, -0.2) is 43.7 Å². The van der Waals surface area contributed by atoms with Gasteiger partial charge < -0.3 is 0 Å². The summed E-state index contributed by atoms with van der Waals surface area (Å²) in [5.74, 6) is 0.597. The van der Waals surface area contributed by atoms with E-state index in [2.05, 4.69) is 12.1 Å². The molecule has 0 amide bonds. The normalized spacial score (nSPS) is 12.4. The van der Waals surface area contributed by atoms with E-state index in [-0.39, 0.29) is 20.5 Å². The van der Waals surface area contributed by atoms with E-state index in [1.165, 1.54) is 10.1 Å². The van der Waals surface area contributed by atoms with Crippen LogP contribution in [0.5, 0.6) is 5.75 Å². The van der Waals surface area contributed by atoms with Crippen molar-refractivity contribution in [2.45, 2.75) is 26.7 Å². The molecule has 0 atom stereocenters. The molecule has 27 heavy (non-hydrogen) atoms. The van der Waals surface area contributed by atoms with Gasteiger partial charge in [-0.1, -0.05) is 0 Å². The number of fused-ring (bicyclic) bond motifs is 3. The van der Waals surface area contributed by atoms with Crippen LogP contribution in [-0.2, 0) is 24.6 Å². The summed E-state index contributed by atoms with van der Waals surface area (Å²) >= 11 is 0.216. The van der Waals surface area contributed by atoms with E-state index in [4.69, 9.17) is 14.5 Å². The predicted octanol–water partition coefficient (Wildman–Crippen LogP) is 3.40. The number of nitrogens with zero attached hydrogens (tertiary/aromatic N) is 2. The van der Waals surface area contributed by atoms with E-state index in [1.807, 2.05) is 37.6 Å². The third-order valence-corrected chi connectivity index (χ3v) is 7.53. The molecule has 1 aliphatic rings. The Kier molecular flexibility index (Phi) is 4.70. The van der Waals surface area contributed by atoms with Gasteiger partial charge in [-0.15, -0.1) is 0 Å². The van der Waals surface area contributed by atoms with Crippen molar-refractivity contribution in [3.63, 3.8) is 0 Å². The number of esters is 1. The first-order valence-electron chi connectivity index (χ1n) is 9.04. The number of hydrogen-bond donors (Lipinski definition) is 0. The maximum absolute atomic E-state index is 12.4. The first-order chi connectivity index (χ1) is 13.0. The van der Waals surface area contributed by atoms with Crippen molar-refractivity contribution in [3.8, 4) is 27.1 Å². The second-order valence-corrected chi connectivity index (χ2v) is 8.87. The molecule has 1 aliphatic carbocycles. The van der Waals surface area contributed by atoms with Crippen LogP contribution in [0.2, 0.25) is 0 Å². The Hall–Kier alpha value is -2.30. The summed E-state index contributed by atoms with van der Waals surface area (Å²) < 4.78 is 15.1. The van der Waals surface area contributed by atoms with Gasteiger partial charge in [0.05, 0.1) is 0 Å². The topological polar surface area (TPSA) is 53.4 Å². The monoisotopic (exact) mass is 430 g/mol. The van der Waals surface area contributed by atoms with Crippen LogP contribution in [0.25, 0.3) is 21.4 Å². The van der Waals surface area contributed by atoms with Gasteiger partial charge in [-0.25, -0.2) is 0 Å². The number of carbonyl (C=O) groups excluding carboxylic acids is 1. The fourth-order valence-electron chi connectivity index (χ4n) is 3.79. The second kappa shape index (κ2) is 7.02. The molecule has 0 saturated carbocycles. The molecule has 3 aromatic rings. The molecule has 2 aromatic heterocycles. The third kappa shape index (κ3) is 2.93. The summed E-state index contributed by atoms with van der Waals surface area (Å²) in [5.41, 5.74) is 6.17. The summed E-state index contributed by atoms with van der Waals surface area (Å²) in [5, 5.41) is 0. The molecule has 1 aromatic carbocycles. The number of ether oxygens (including phenoxy) is 2. The van der Waals surface area contributed by atoms with E-state index < -0.39 is 0 Å². The maximum atomic E-state index is 12.4. The van der Waals surface area contributed by atoms with E-state index in [0.29, 0.717) is 12.3 Å². The Morgan fingerprint density at radius 3 is 2.67 bits per heavy atom. The molecule has 2 heterocycles. The van der Waals surface area contributed by atoms with Gasteiger partial charge in [-0.05, 0) is 0 Å². The summed E-state index contributed by atoms with van der Waals surface area (Å²) in [4.78, 5) is 17.5. The van der Waals surface area contributed by atoms with Crippen LogP contribution in [0.3, 0.4) is 0 Å². The molecule has 0 fully saturated rings. The number of carbonyl (C=O) groups is 1. The molecule has 0 radical (unpaired) electrons. The van der Waals surface area contributed by atoms with E-state index >= 15 is 0 Å². The molecule has 5 nitrogen and oxygen atoms in total. The summed E-state index contributed by atoms with van der Waals surface area (Å²) in [7, 11) is 3.63. The zero-order chi connectivity index (χ0) is 19.1. The molecule has 0 saturated heterocycles. The minimum atomic E-state index is -0.253. The van der Waals surface area contributed by atoms with Gasteiger partial charge in [0, 0.05) is 0 Å². The Morgan fingerprint density at radius 1 is 1.26 bits per heavy atom. The average molecular weight is 429 g/mol. The van der Waals surface area contributed by atoms with Crippen LogP contribution in [0, 0.1) is 6.92 Å². The molecule has 4 rings (SSSR count). The van der Waals surface area contributed by atoms with E-state index in [0.717, 1.165) is 45.5 Å². The Morgan fingerprint density at radius 2 is 2.00 bits per heavy atom. The van der Waals surface area contributed by atoms with Crippen LogP contribution in [0.4, 0.5) is 0 Å². The molecule has 140 valence electrons. The van der Waals surface area contributed by atoms with Crippen molar-refractivity contribution in [2.75, 3.05) is 13.7 Å². The quantitative estimate of drug-likeness (QED) is 0.471. The van der Waals surface area contributed by atoms with Gasteiger partial charge in [-0.3, -0.25) is 0 Å². The zero-order valence-corrected chi connectivity index (χ0v) is 17.7. The molecule has 6 heteroatoms. The number of aromatic nitrogens is 2. The average Bonchev–Trinajstić information content (AvgIpc) is 3.21.